The molecular formula is C23H25N5O4. The number of carbonyl (C=O) groups is 2. The second-order valence-electron chi connectivity index (χ2n) is 8.57. The predicted octanol–water partition coefficient (Wildman–Crippen LogP) is 2.17. The Morgan fingerprint density at radius 2 is 1.81 bits per heavy atom. The standard InChI is InChI=1S/C23H25N5O4/c29-21(18-12-17-7-1-2-8-20(17)32-23(18)31)27-11-5-6-16(13-27)14-28-15-19(24-25-28)22(30)26-9-3-4-10-26/h1-2,7-8,12,15-16H,3-6,9-11,13-14H2. The van der Waals surface area contributed by atoms with Crippen molar-refractivity contribution in [3.8, 4) is 0 Å². The van der Waals surface area contributed by atoms with E-state index in [1.165, 1.54) is 0 Å². The van der Waals surface area contributed by atoms with Gasteiger partial charge in [0.25, 0.3) is 11.8 Å². The molecule has 4 heterocycles. The lowest BCUT2D eigenvalue weighted by Gasteiger charge is -2.32. The van der Waals surface area contributed by atoms with Crippen molar-refractivity contribution >= 4 is 22.8 Å². The molecule has 1 aromatic carbocycles. The van der Waals surface area contributed by atoms with Crippen LogP contribution in [0, 0.1) is 5.92 Å². The largest absolute Gasteiger partial charge is 0.422 e. The lowest BCUT2D eigenvalue weighted by molar-refractivity contribution is 0.0655. The lowest BCUT2D eigenvalue weighted by Crippen LogP contribution is -2.42. The number of likely N-dealkylation sites (tertiary alicyclic amines) is 2. The normalized spacial score (nSPS) is 18.9. The first-order chi connectivity index (χ1) is 15.6. The average Bonchev–Trinajstić information content (AvgIpc) is 3.50. The fraction of sp³-hybridized carbons (Fsp3) is 0.435. The first-order valence-electron chi connectivity index (χ1n) is 11.1. The third kappa shape index (κ3) is 4.02. The maximum absolute atomic E-state index is 13.1. The second kappa shape index (κ2) is 8.57. The van der Waals surface area contributed by atoms with Gasteiger partial charge in [0, 0.05) is 38.1 Å². The first-order valence-corrected chi connectivity index (χ1v) is 11.1. The van der Waals surface area contributed by atoms with Crippen molar-refractivity contribution in [2.45, 2.75) is 32.2 Å². The number of para-hydroxylation sites is 1. The number of rotatable bonds is 4. The number of amides is 2. The van der Waals surface area contributed by atoms with Crippen LogP contribution in [0.2, 0.25) is 0 Å². The Kier molecular flexibility index (Phi) is 5.46. The van der Waals surface area contributed by atoms with Gasteiger partial charge in [-0.3, -0.25) is 14.3 Å². The molecule has 2 aliphatic heterocycles. The van der Waals surface area contributed by atoms with E-state index in [0.717, 1.165) is 44.2 Å². The third-order valence-corrected chi connectivity index (χ3v) is 6.27. The summed E-state index contributed by atoms with van der Waals surface area (Å²) in [5.74, 6) is -0.216. The molecule has 0 spiro atoms. The minimum Gasteiger partial charge on any atom is -0.422 e. The van der Waals surface area contributed by atoms with Crippen LogP contribution in [0.25, 0.3) is 11.0 Å². The number of piperidine rings is 1. The number of aromatic nitrogens is 3. The van der Waals surface area contributed by atoms with Crippen LogP contribution >= 0.6 is 0 Å². The van der Waals surface area contributed by atoms with E-state index in [2.05, 4.69) is 10.3 Å². The molecule has 0 bridgehead atoms. The Morgan fingerprint density at radius 1 is 1.03 bits per heavy atom. The smallest absolute Gasteiger partial charge is 0.349 e. The van der Waals surface area contributed by atoms with Crippen molar-refractivity contribution in [3.63, 3.8) is 0 Å². The van der Waals surface area contributed by atoms with Crippen LogP contribution in [-0.4, -0.2) is 62.8 Å². The molecule has 2 saturated heterocycles. The second-order valence-corrected chi connectivity index (χ2v) is 8.57. The summed E-state index contributed by atoms with van der Waals surface area (Å²) < 4.78 is 7.02. The summed E-state index contributed by atoms with van der Waals surface area (Å²) in [6.07, 6.45) is 5.52. The van der Waals surface area contributed by atoms with Gasteiger partial charge < -0.3 is 14.2 Å². The van der Waals surface area contributed by atoms with Crippen molar-refractivity contribution in [2.24, 2.45) is 5.92 Å². The van der Waals surface area contributed by atoms with Gasteiger partial charge in [-0.2, -0.15) is 0 Å². The van der Waals surface area contributed by atoms with Crippen LogP contribution < -0.4 is 5.63 Å². The minimum absolute atomic E-state index is 0.0589. The van der Waals surface area contributed by atoms with E-state index >= 15 is 0 Å². The molecule has 1 unspecified atom stereocenters. The molecular weight excluding hydrogens is 410 g/mol. The summed E-state index contributed by atoms with van der Waals surface area (Å²) in [6.45, 7) is 3.22. The molecule has 2 aromatic heterocycles. The number of hydrogen-bond acceptors (Lipinski definition) is 6. The highest BCUT2D eigenvalue weighted by Crippen LogP contribution is 2.21. The maximum atomic E-state index is 13.1. The van der Waals surface area contributed by atoms with E-state index in [0.29, 0.717) is 30.9 Å². The highest BCUT2D eigenvalue weighted by atomic mass is 16.4. The molecule has 3 aromatic rings. The van der Waals surface area contributed by atoms with Gasteiger partial charge in [0.15, 0.2) is 5.69 Å². The summed E-state index contributed by atoms with van der Waals surface area (Å²) in [7, 11) is 0. The maximum Gasteiger partial charge on any atom is 0.349 e. The summed E-state index contributed by atoms with van der Waals surface area (Å²) in [5, 5.41) is 8.91. The van der Waals surface area contributed by atoms with E-state index < -0.39 is 5.63 Å². The summed E-state index contributed by atoms with van der Waals surface area (Å²) >= 11 is 0. The van der Waals surface area contributed by atoms with Crippen LogP contribution in [0.5, 0.6) is 0 Å². The summed E-state index contributed by atoms with van der Waals surface area (Å²) in [6, 6.07) is 8.77. The molecule has 9 nitrogen and oxygen atoms in total. The first kappa shape index (κ1) is 20.4. The van der Waals surface area contributed by atoms with Gasteiger partial charge in [-0.05, 0) is 43.7 Å². The number of benzene rings is 1. The van der Waals surface area contributed by atoms with Crippen molar-refractivity contribution in [2.75, 3.05) is 26.2 Å². The Hall–Kier alpha value is -3.49. The summed E-state index contributed by atoms with van der Waals surface area (Å²) in [4.78, 5) is 41.5. The molecule has 2 fully saturated rings. The van der Waals surface area contributed by atoms with E-state index in [1.807, 2.05) is 17.0 Å². The van der Waals surface area contributed by atoms with Gasteiger partial charge in [0.1, 0.15) is 11.1 Å². The number of carbonyl (C=O) groups excluding carboxylic acids is 2. The van der Waals surface area contributed by atoms with E-state index in [1.54, 1.807) is 34.0 Å². The molecule has 0 N–H and O–H groups in total. The fourth-order valence-corrected chi connectivity index (χ4v) is 4.61. The van der Waals surface area contributed by atoms with Gasteiger partial charge in [-0.1, -0.05) is 23.4 Å². The monoisotopic (exact) mass is 435 g/mol. The minimum atomic E-state index is -0.614. The highest BCUT2D eigenvalue weighted by Gasteiger charge is 2.28. The highest BCUT2D eigenvalue weighted by molar-refractivity contribution is 5.96. The Morgan fingerprint density at radius 3 is 2.66 bits per heavy atom. The topological polar surface area (TPSA) is 102 Å². The van der Waals surface area contributed by atoms with Gasteiger partial charge in [0.2, 0.25) is 0 Å². The zero-order valence-corrected chi connectivity index (χ0v) is 17.8. The van der Waals surface area contributed by atoms with Crippen LogP contribution in [-0.2, 0) is 6.54 Å². The zero-order chi connectivity index (χ0) is 22.1. The molecule has 166 valence electrons. The SMILES string of the molecule is O=C(c1cn(CC2CCCN(C(=O)c3cc4ccccc4oc3=O)C2)nn1)N1CCCC1. The van der Waals surface area contributed by atoms with Crippen LogP contribution in [0.4, 0.5) is 0 Å². The Balaban J connectivity index is 1.27. The fourth-order valence-electron chi connectivity index (χ4n) is 4.61. The van der Waals surface area contributed by atoms with Crippen molar-refractivity contribution < 1.29 is 14.0 Å². The Bertz CT molecular complexity index is 1210. The van der Waals surface area contributed by atoms with E-state index in [4.69, 9.17) is 4.42 Å². The van der Waals surface area contributed by atoms with Crippen molar-refractivity contribution in [1.82, 2.24) is 24.8 Å². The Labute approximate surface area is 184 Å². The molecule has 0 aliphatic carbocycles. The average molecular weight is 435 g/mol. The van der Waals surface area contributed by atoms with Gasteiger partial charge in [-0.25, -0.2) is 4.79 Å². The van der Waals surface area contributed by atoms with Crippen molar-refractivity contribution in [3.05, 3.63) is 58.2 Å². The molecule has 1 atom stereocenters. The molecule has 5 rings (SSSR count). The van der Waals surface area contributed by atoms with Gasteiger partial charge >= 0.3 is 5.63 Å². The molecule has 2 amide bonds. The van der Waals surface area contributed by atoms with E-state index in [-0.39, 0.29) is 23.3 Å². The quantitative estimate of drug-likeness (QED) is 0.582. The van der Waals surface area contributed by atoms with Gasteiger partial charge in [-0.15, -0.1) is 5.10 Å². The molecule has 9 heteroatoms. The zero-order valence-electron chi connectivity index (χ0n) is 17.8. The molecule has 2 aliphatic rings. The lowest BCUT2D eigenvalue weighted by atomic mass is 9.97. The van der Waals surface area contributed by atoms with Crippen LogP contribution in [0.15, 0.2) is 45.7 Å². The van der Waals surface area contributed by atoms with Gasteiger partial charge in [0.05, 0.1) is 6.20 Å². The summed E-state index contributed by atoms with van der Waals surface area (Å²) in [5.41, 5.74) is 0.279. The predicted molar refractivity (Wildman–Crippen MR) is 116 cm³/mol. The van der Waals surface area contributed by atoms with Crippen molar-refractivity contribution in [1.29, 1.82) is 0 Å². The number of hydrogen-bond donors (Lipinski definition) is 0. The molecule has 32 heavy (non-hydrogen) atoms. The van der Waals surface area contributed by atoms with Crippen LogP contribution in [0.3, 0.4) is 0 Å². The molecule has 0 radical (unpaired) electrons. The third-order valence-electron chi connectivity index (χ3n) is 6.27. The number of nitrogens with zero attached hydrogens (tertiary/aromatic N) is 5. The van der Waals surface area contributed by atoms with E-state index in [9.17, 15) is 14.4 Å². The number of fused-ring (bicyclic) bond motifs is 1. The van der Waals surface area contributed by atoms with Crippen LogP contribution in [0.1, 0.15) is 46.5 Å². The molecule has 0 saturated carbocycles.